The van der Waals surface area contributed by atoms with Crippen molar-refractivity contribution in [3.63, 3.8) is 0 Å². The Bertz CT molecular complexity index is 649. The van der Waals surface area contributed by atoms with E-state index in [9.17, 15) is 4.79 Å². The van der Waals surface area contributed by atoms with E-state index in [1.165, 1.54) is 5.69 Å². The van der Waals surface area contributed by atoms with Crippen molar-refractivity contribution in [2.75, 3.05) is 37.6 Å². The maximum absolute atomic E-state index is 11.8. The summed E-state index contributed by atoms with van der Waals surface area (Å²) >= 11 is 1.61. The zero-order valence-corrected chi connectivity index (χ0v) is 14.4. The largest absolute Gasteiger partial charge is 0.369 e. The van der Waals surface area contributed by atoms with Crippen LogP contribution in [0.5, 0.6) is 0 Å². The van der Waals surface area contributed by atoms with Gasteiger partial charge in [0, 0.05) is 50.4 Å². The SMILES string of the molecule is O=C(CCN1CCN(c2ccccc2)CC1)N/N=C\c1ccsc1. The predicted octanol–water partition coefficient (Wildman–Crippen LogP) is 2.41. The Morgan fingerprint density at radius 1 is 1.17 bits per heavy atom. The number of rotatable bonds is 6. The smallest absolute Gasteiger partial charge is 0.241 e. The minimum atomic E-state index is -0.0352. The summed E-state index contributed by atoms with van der Waals surface area (Å²) in [6.45, 7) is 4.76. The zero-order valence-electron chi connectivity index (χ0n) is 13.6. The van der Waals surface area contributed by atoms with Crippen molar-refractivity contribution in [1.82, 2.24) is 10.3 Å². The van der Waals surface area contributed by atoms with Gasteiger partial charge in [-0.25, -0.2) is 5.43 Å². The monoisotopic (exact) mass is 342 g/mol. The number of anilines is 1. The Morgan fingerprint density at radius 3 is 2.67 bits per heavy atom. The van der Waals surface area contributed by atoms with Crippen LogP contribution in [0.2, 0.25) is 0 Å². The Hall–Kier alpha value is -2.18. The lowest BCUT2D eigenvalue weighted by Gasteiger charge is -2.36. The van der Waals surface area contributed by atoms with Gasteiger partial charge in [-0.05, 0) is 29.0 Å². The van der Waals surface area contributed by atoms with Crippen molar-refractivity contribution >= 4 is 29.1 Å². The Kier molecular flexibility index (Phi) is 5.98. The molecule has 1 aromatic carbocycles. The molecule has 1 amide bonds. The van der Waals surface area contributed by atoms with Gasteiger partial charge in [0.1, 0.15) is 0 Å². The molecule has 1 aromatic heterocycles. The molecule has 6 heteroatoms. The summed E-state index contributed by atoms with van der Waals surface area (Å²) in [6, 6.07) is 12.4. The summed E-state index contributed by atoms with van der Waals surface area (Å²) in [5.74, 6) is -0.0352. The van der Waals surface area contributed by atoms with Gasteiger partial charge in [0.15, 0.2) is 0 Å². The van der Waals surface area contributed by atoms with Gasteiger partial charge in [0.2, 0.25) is 5.91 Å². The van der Waals surface area contributed by atoms with Crippen LogP contribution in [0, 0.1) is 0 Å². The molecular formula is C18H22N4OS. The van der Waals surface area contributed by atoms with Crippen LogP contribution in [0.4, 0.5) is 5.69 Å². The molecule has 24 heavy (non-hydrogen) atoms. The van der Waals surface area contributed by atoms with Gasteiger partial charge in [-0.3, -0.25) is 9.69 Å². The fourth-order valence-corrected chi connectivity index (χ4v) is 3.32. The minimum absolute atomic E-state index is 0.0352. The number of thiophene rings is 1. The molecular weight excluding hydrogens is 320 g/mol. The maximum Gasteiger partial charge on any atom is 0.241 e. The van der Waals surface area contributed by atoms with Gasteiger partial charge in [-0.1, -0.05) is 18.2 Å². The van der Waals surface area contributed by atoms with E-state index in [0.717, 1.165) is 38.3 Å². The van der Waals surface area contributed by atoms with Crippen LogP contribution >= 0.6 is 11.3 Å². The van der Waals surface area contributed by atoms with Crippen molar-refractivity contribution in [3.8, 4) is 0 Å². The van der Waals surface area contributed by atoms with Crippen LogP contribution in [-0.4, -0.2) is 49.7 Å². The molecule has 5 nitrogen and oxygen atoms in total. The molecule has 3 rings (SSSR count). The van der Waals surface area contributed by atoms with Crippen molar-refractivity contribution in [2.45, 2.75) is 6.42 Å². The van der Waals surface area contributed by atoms with E-state index in [-0.39, 0.29) is 5.91 Å². The number of carbonyl (C=O) groups is 1. The van der Waals surface area contributed by atoms with Gasteiger partial charge in [0.25, 0.3) is 0 Å². The highest BCUT2D eigenvalue weighted by atomic mass is 32.1. The zero-order chi connectivity index (χ0) is 16.6. The summed E-state index contributed by atoms with van der Waals surface area (Å²) in [7, 11) is 0. The number of para-hydroxylation sites is 1. The molecule has 0 radical (unpaired) electrons. The summed E-state index contributed by atoms with van der Waals surface area (Å²) in [5.41, 5.74) is 4.88. The summed E-state index contributed by atoms with van der Waals surface area (Å²) in [6.07, 6.45) is 2.15. The molecule has 1 saturated heterocycles. The van der Waals surface area contributed by atoms with Crippen molar-refractivity contribution < 1.29 is 4.79 Å². The second kappa shape index (κ2) is 8.61. The lowest BCUT2D eigenvalue weighted by Crippen LogP contribution is -2.47. The standard InChI is InChI=1S/C18H22N4OS/c23-18(20-19-14-16-7-13-24-15-16)6-8-21-9-11-22(12-10-21)17-4-2-1-3-5-17/h1-5,7,13-15H,6,8-12H2,(H,20,23)/b19-14-. The molecule has 2 heterocycles. The van der Waals surface area contributed by atoms with Crippen LogP contribution in [0.25, 0.3) is 0 Å². The van der Waals surface area contributed by atoms with Crippen LogP contribution in [0.1, 0.15) is 12.0 Å². The minimum Gasteiger partial charge on any atom is -0.369 e. The second-order valence-corrected chi connectivity index (χ2v) is 6.54. The molecule has 1 fully saturated rings. The maximum atomic E-state index is 11.8. The third kappa shape index (κ3) is 4.91. The normalized spacial score (nSPS) is 15.8. The van der Waals surface area contributed by atoms with Gasteiger partial charge >= 0.3 is 0 Å². The molecule has 0 aliphatic carbocycles. The first kappa shape index (κ1) is 16.7. The molecule has 126 valence electrons. The first-order chi connectivity index (χ1) is 11.8. The number of hydrazone groups is 1. The molecule has 2 aromatic rings. The van der Waals surface area contributed by atoms with Crippen molar-refractivity contribution in [1.29, 1.82) is 0 Å². The Balaban J connectivity index is 1.35. The van der Waals surface area contributed by atoms with Crippen LogP contribution in [0.3, 0.4) is 0 Å². The topological polar surface area (TPSA) is 47.9 Å². The third-order valence-electron chi connectivity index (χ3n) is 4.09. The fourth-order valence-electron chi connectivity index (χ4n) is 2.71. The number of hydrogen-bond donors (Lipinski definition) is 1. The van der Waals surface area contributed by atoms with Crippen LogP contribution in [-0.2, 0) is 4.79 Å². The van der Waals surface area contributed by atoms with E-state index in [2.05, 4.69) is 44.6 Å². The van der Waals surface area contributed by atoms with Gasteiger partial charge in [-0.15, -0.1) is 0 Å². The van der Waals surface area contributed by atoms with E-state index >= 15 is 0 Å². The lowest BCUT2D eigenvalue weighted by molar-refractivity contribution is -0.121. The van der Waals surface area contributed by atoms with Crippen LogP contribution < -0.4 is 10.3 Å². The summed E-state index contributed by atoms with van der Waals surface area (Å²) in [4.78, 5) is 16.6. The first-order valence-corrected chi connectivity index (χ1v) is 9.12. The summed E-state index contributed by atoms with van der Waals surface area (Å²) < 4.78 is 0. The van der Waals surface area contributed by atoms with Crippen molar-refractivity contribution in [2.24, 2.45) is 5.10 Å². The van der Waals surface area contributed by atoms with E-state index in [0.29, 0.717) is 6.42 Å². The molecule has 1 aliphatic heterocycles. The summed E-state index contributed by atoms with van der Waals surface area (Å²) in [5, 5.41) is 7.96. The number of piperazine rings is 1. The molecule has 1 N–H and O–H groups in total. The molecule has 0 bridgehead atoms. The average Bonchev–Trinajstić information content (AvgIpc) is 3.15. The lowest BCUT2D eigenvalue weighted by atomic mass is 10.2. The number of hydrogen-bond acceptors (Lipinski definition) is 5. The van der Waals surface area contributed by atoms with Crippen molar-refractivity contribution in [3.05, 3.63) is 52.7 Å². The number of nitrogens with zero attached hydrogens (tertiary/aromatic N) is 3. The molecule has 0 atom stereocenters. The van der Waals surface area contributed by atoms with E-state index < -0.39 is 0 Å². The molecule has 0 spiro atoms. The van der Waals surface area contributed by atoms with Gasteiger partial charge in [0.05, 0.1) is 6.21 Å². The molecule has 0 unspecified atom stereocenters. The van der Waals surface area contributed by atoms with Crippen LogP contribution in [0.15, 0.2) is 52.3 Å². The second-order valence-electron chi connectivity index (χ2n) is 5.76. The highest BCUT2D eigenvalue weighted by Crippen LogP contribution is 2.15. The highest BCUT2D eigenvalue weighted by Gasteiger charge is 2.17. The van der Waals surface area contributed by atoms with E-state index in [1.807, 2.05) is 22.9 Å². The molecule has 0 saturated carbocycles. The van der Waals surface area contributed by atoms with Gasteiger partial charge < -0.3 is 4.90 Å². The predicted molar refractivity (Wildman–Crippen MR) is 99.8 cm³/mol. The van der Waals surface area contributed by atoms with E-state index in [1.54, 1.807) is 17.6 Å². The number of carbonyl (C=O) groups excluding carboxylic acids is 1. The third-order valence-corrected chi connectivity index (χ3v) is 4.80. The Morgan fingerprint density at radius 2 is 1.96 bits per heavy atom. The quantitative estimate of drug-likeness (QED) is 0.648. The Labute approximate surface area is 146 Å². The van der Waals surface area contributed by atoms with Gasteiger partial charge in [-0.2, -0.15) is 16.4 Å². The highest BCUT2D eigenvalue weighted by molar-refractivity contribution is 7.08. The first-order valence-electron chi connectivity index (χ1n) is 8.18. The number of benzene rings is 1. The fraction of sp³-hybridized carbons (Fsp3) is 0.333. The number of amides is 1. The van der Waals surface area contributed by atoms with E-state index in [4.69, 9.17) is 0 Å². The molecule has 1 aliphatic rings. The average molecular weight is 342 g/mol. The number of nitrogens with one attached hydrogen (secondary N) is 1.